The lowest BCUT2D eigenvalue weighted by Gasteiger charge is -2.30. The van der Waals surface area contributed by atoms with Crippen molar-refractivity contribution in [2.45, 2.75) is 78.1 Å². The van der Waals surface area contributed by atoms with Crippen molar-refractivity contribution in [2.75, 3.05) is 0 Å². The second-order valence-corrected chi connectivity index (χ2v) is 9.08. The SMILES string of the molecule is CCCCCCCCCCC1(C(C)=O)C=CC(c2ccc(-c3ccccc3)cc2)=CC1. The van der Waals surface area contributed by atoms with Gasteiger partial charge in [-0.15, -0.1) is 0 Å². The van der Waals surface area contributed by atoms with E-state index in [1.807, 2.05) is 6.07 Å². The van der Waals surface area contributed by atoms with Crippen LogP contribution in [0.1, 0.15) is 83.6 Å². The number of hydrogen-bond donors (Lipinski definition) is 0. The largest absolute Gasteiger partial charge is 0.299 e. The highest BCUT2D eigenvalue weighted by Gasteiger charge is 2.32. The van der Waals surface area contributed by atoms with E-state index < -0.39 is 0 Å². The van der Waals surface area contributed by atoms with Gasteiger partial charge in [0.05, 0.1) is 5.41 Å². The normalized spacial score (nSPS) is 18.1. The van der Waals surface area contributed by atoms with Crippen molar-refractivity contribution in [3.63, 3.8) is 0 Å². The zero-order chi connectivity index (χ0) is 21.9. The van der Waals surface area contributed by atoms with Crippen LogP contribution in [0.25, 0.3) is 16.7 Å². The third kappa shape index (κ3) is 6.53. The second kappa shape index (κ2) is 11.8. The zero-order valence-corrected chi connectivity index (χ0v) is 19.4. The number of allylic oxidation sites excluding steroid dienone is 4. The van der Waals surface area contributed by atoms with Crippen molar-refractivity contribution in [3.05, 3.63) is 78.4 Å². The molecule has 0 radical (unpaired) electrons. The summed E-state index contributed by atoms with van der Waals surface area (Å²) in [6, 6.07) is 19.2. The minimum Gasteiger partial charge on any atom is -0.299 e. The van der Waals surface area contributed by atoms with Gasteiger partial charge < -0.3 is 0 Å². The molecule has 0 heterocycles. The molecule has 1 atom stereocenters. The number of Topliss-reactive ketones (excluding diaryl/α,β-unsaturated/α-hetero) is 1. The molecule has 1 unspecified atom stereocenters. The van der Waals surface area contributed by atoms with Gasteiger partial charge in [-0.3, -0.25) is 4.79 Å². The molecule has 0 aliphatic heterocycles. The molecule has 1 aliphatic rings. The van der Waals surface area contributed by atoms with Gasteiger partial charge in [-0.2, -0.15) is 0 Å². The van der Waals surface area contributed by atoms with E-state index in [-0.39, 0.29) is 5.41 Å². The number of rotatable bonds is 12. The van der Waals surface area contributed by atoms with Crippen molar-refractivity contribution >= 4 is 11.4 Å². The minimum absolute atomic E-state index is 0.296. The topological polar surface area (TPSA) is 17.1 Å². The summed E-state index contributed by atoms with van der Waals surface area (Å²) >= 11 is 0. The third-order valence-corrected chi connectivity index (χ3v) is 6.77. The first-order valence-electron chi connectivity index (χ1n) is 12.2. The van der Waals surface area contributed by atoms with Gasteiger partial charge in [0.2, 0.25) is 0 Å². The Bertz CT molecular complexity index is 872. The van der Waals surface area contributed by atoms with Crippen LogP contribution in [0.2, 0.25) is 0 Å². The number of hydrogen-bond acceptors (Lipinski definition) is 1. The fourth-order valence-electron chi connectivity index (χ4n) is 4.57. The highest BCUT2D eigenvalue weighted by Crippen LogP contribution is 2.38. The molecule has 0 aromatic heterocycles. The minimum atomic E-state index is -0.296. The lowest BCUT2D eigenvalue weighted by molar-refractivity contribution is -0.124. The molecule has 0 spiro atoms. The lowest BCUT2D eigenvalue weighted by Crippen LogP contribution is -2.27. The molecule has 0 amide bonds. The van der Waals surface area contributed by atoms with Gasteiger partial charge in [0, 0.05) is 0 Å². The van der Waals surface area contributed by atoms with Crippen LogP contribution in [0.5, 0.6) is 0 Å². The van der Waals surface area contributed by atoms with Crippen molar-refractivity contribution in [1.29, 1.82) is 0 Å². The summed E-state index contributed by atoms with van der Waals surface area (Å²) in [5.41, 5.74) is 4.63. The Hall–Kier alpha value is -2.41. The van der Waals surface area contributed by atoms with Crippen LogP contribution in [0.4, 0.5) is 0 Å². The maximum absolute atomic E-state index is 12.5. The summed E-state index contributed by atoms with van der Waals surface area (Å²) in [4.78, 5) is 12.5. The molecule has 1 nitrogen and oxygen atoms in total. The Morgan fingerprint density at radius 3 is 1.94 bits per heavy atom. The Morgan fingerprint density at radius 1 is 0.774 bits per heavy atom. The first-order chi connectivity index (χ1) is 15.1. The number of benzene rings is 2. The Balaban J connectivity index is 1.54. The van der Waals surface area contributed by atoms with Crippen molar-refractivity contribution < 1.29 is 4.79 Å². The van der Waals surface area contributed by atoms with Crippen LogP contribution in [0.3, 0.4) is 0 Å². The molecule has 31 heavy (non-hydrogen) atoms. The standard InChI is InChI=1S/C30H38O/c1-3-4-5-6-7-8-9-13-22-30(25(2)31)23-20-29(21-24-30)28-18-16-27(17-19-28)26-14-11-10-12-15-26/h10-12,14-21,23H,3-9,13,22,24H2,1-2H3. The second-order valence-electron chi connectivity index (χ2n) is 9.08. The fraction of sp³-hybridized carbons (Fsp3) is 0.433. The van der Waals surface area contributed by atoms with Gasteiger partial charge >= 0.3 is 0 Å². The van der Waals surface area contributed by atoms with Crippen LogP contribution < -0.4 is 0 Å². The molecule has 164 valence electrons. The Morgan fingerprint density at radius 2 is 1.35 bits per heavy atom. The molecular weight excluding hydrogens is 376 g/mol. The summed E-state index contributed by atoms with van der Waals surface area (Å²) in [5, 5.41) is 0. The molecule has 0 fully saturated rings. The van der Waals surface area contributed by atoms with Gasteiger partial charge in [0.15, 0.2) is 0 Å². The van der Waals surface area contributed by atoms with Crippen LogP contribution >= 0.6 is 0 Å². The molecule has 2 aromatic carbocycles. The zero-order valence-electron chi connectivity index (χ0n) is 19.4. The summed E-state index contributed by atoms with van der Waals surface area (Å²) in [6.45, 7) is 4.03. The first-order valence-corrected chi connectivity index (χ1v) is 12.2. The molecule has 0 saturated carbocycles. The average Bonchev–Trinajstić information content (AvgIpc) is 2.82. The molecule has 2 aromatic rings. The summed E-state index contributed by atoms with van der Waals surface area (Å²) in [6.07, 6.45) is 18.9. The predicted molar refractivity (Wildman–Crippen MR) is 134 cm³/mol. The van der Waals surface area contributed by atoms with Crippen molar-refractivity contribution in [1.82, 2.24) is 0 Å². The molecule has 0 saturated heterocycles. The molecular formula is C30H38O. The molecule has 1 aliphatic carbocycles. The van der Waals surface area contributed by atoms with E-state index in [1.165, 1.54) is 67.2 Å². The highest BCUT2D eigenvalue weighted by atomic mass is 16.1. The lowest BCUT2D eigenvalue weighted by atomic mass is 9.72. The van der Waals surface area contributed by atoms with Crippen LogP contribution in [0, 0.1) is 5.41 Å². The molecule has 0 bridgehead atoms. The predicted octanol–water partition coefficient (Wildman–Crippen LogP) is 8.80. The highest BCUT2D eigenvalue weighted by molar-refractivity contribution is 5.88. The summed E-state index contributed by atoms with van der Waals surface area (Å²) < 4.78 is 0. The maximum Gasteiger partial charge on any atom is 0.140 e. The van der Waals surface area contributed by atoms with Crippen molar-refractivity contribution in [3.8, 4) is 11.1 Å². The van der Waals surface area contributed by atoms with Crippen LogP contribution in [-0.4, -0.2) is 5.78 Å². The summed E-state index contributed by atoms with van der Waals surface area (Å²) in [7, 11) is 0. The van der Waals surface area contributed by atoms with Crippen LogP contribution in [-0.2, 0) is 4.79 Å². The quantitative estimate of drug-likeness (QED) is 0.317. The van der Waals surface area contributed by atoms with Crippen LogP contribution in [0.15, 0.2) is 72.8 Å². The average molecular weight is 415 g/mol. The number of carbonyl (C=O) groups excluding carboxylic acids is 1. The van der Waals surface area contributed by atoms with Crippen molar-refractivity contribution in [2.24, 2.45) is 5.41 Å². The molecule has 3 rings (SSSR count). The Labute approximate surface area is 189 Å². The third-order valence-electron chi connectivity index (χ3n) is 6.77. The van der Waals surface area contributed by atoms with E-state index in [0.717, 1.165) is 19.3 Å². The summed E-state index contributed by atoms with van der Waals surface area (Å²) in [5.74, 6) is 0.307. The number of ketones is 1. The first kappa shape index (κ1) is 23.3. The van der Waals surface area contributed by atoms with E-state index >= 15 is 0 Å². The number of unbranched alkanes of at least 4 members (excludes halogenated alkanes) is 7. The van der Waals surface area contributed by atoms with E-state index in [9.17, 15) is 4.79 Å². The maximum atomic E-state index is 12.5. The van der Waals surface area contributed by atoms with Gasteiger partial charge in [-0.25, -0.2) is 0 Å². The molecule has 1 heteroatoms. The van der Waals surface area contributed by atoms with Gasteiger partial charge in [-0.05, 0) is 42.0 Å². The van der Waals surface area contributed by atoms with E-state index in [0.29, 0.717) is 5.78 Å². The van der Waals surface area contributed by atoms with E-state index in [4.69, 9.17) is 0 Å². The van der Waals surface area contributed by atoms with E-state index in [1.54, 1.807) is 6.92 Å². The molecule has 0 N–H and O–H groups in total. The van der Waals surface area contributed by atoms with Gasteiger partial charge in [-0.1, -0.05) is 131 Å². The smallest absolute Gasteiger partial charge is 0.140 e. The van der Waals surface area contributed by atoms with E-state index in [2.05, 4.69) is 73.7 Å². The van der Waals surface area contributed by atoms with Gasteiger partial charge in [0.25, 0.3) is 0 Å². The fourth-order valence-corrected chi connectivity index (χ4v) is 4.57. The Kier molecular flexibility index (Phi) is 8.88. The van der Waals surface area contributed by atoms with Gasteiger partial charge in [0.1, 0.15) is 5.78 Å². The number of carbonyl (C=O) groups is 1. The monoisotopic (exact) mass is 414 g/mol.